The Morgan fingerprint density at radius 2 is 2.37 bits per heavy atom. The first kappa shape index (κ1) is 12.9. The molecule has 19 heavy (non-hydrogen) atoms. The average molecular weight is 275 g/mol. The van der Waals surface area contributed by atoms with Gasteiger partial charge in [0, 0.05) is 30.9 Å². The lowest BCUT2D eigenvalue weighted by molar-refractivity contribution is 0.417. The fraction of sp³-hybridized carbons (Fsp3) is 0.533. The zero-order chi connectivity index (χ0) is 13.3. The van der Waals surface area contributed by atoms with Crippen LogP contribution < -0.4 is 5.32 Å². The van der Waals surface area contributed by atoms with E-state index in [1.165, 1.54) is 24.1 Å². The van der Waals surface area contributed by atoms with Gasteiger partial charge in [0.2, 0.25) is 0 Å². The highest BCUT2D eigenvalue weighted by Crippen LogP contribution is 2.48. The average Bonchev–Trinajstić information content (AvgIpc) is 2.81. The second kappa shape index (κ2) is 5.10. The van der Waals surface area contributed by atoms with Gasteiger partial charge < -0.3 is 9.88 Å². The second-order valence-electron chi connectivity index (χ2n) is 5.58. The minimum Gasteiger partial charge on any atom is -0.336 e. The molecule has 1 N–H and O–H groups in total. The number of aryl methyl sites for hydroxylation is 1. The summed E-state index contributed by atoms with van der Waals surface area (Å²) in [5.41, 5.74) is 0.556. The van der Waals surface area contributed by atoms with E-state index in [2.05, 4.69) is 46.4 Å². The summed E-state index contributed by atoms with van der Waals surface area (Å²) in [6.07, 6.45) is 7.91. The third-order valence-electron chi connectivity index (χ3n) is 4.33. The van der Waals surface area contributed by atoms with Crippen LogP contribution in [0.15, 0.2) is 29.9 Å². The van der Waals surface area contributed by atoms with Crippen LogP contribution in [0, 0.1) is 5.41 Å². The molecule has 102 valence electrons. The number of aromatic nitrogens is 2. The molecule has 0 aliphatic heterocycles. The molecule has 1 atom stereocenters. The van der Waals surface area contributed by atoms with E-state index in [4.69, 9.17) is 0 Å². The van der Waals surface area contributed by atoms with Crippen molar-refractivity contribution in [1.82, 2.24) is 14.9 Å². The molecule has 1 aliphatic rings. The van der Waals surface area contributed by atoms with Crippen molar-refractivity contribution in [3.63, 3.8) is 0 Å². The van der Waals surface area contributed by atoms with Crippen LogP contribution in [0.4, 0.5) is 0 Å². The topological polar surface area (TPSA) is 29.9 Å². The molecular formula is C15H21N3S. The van der Waals surface area contributed by atoms with Crippen molar-refractivity contribution in [3.8, 4) is 0 Å². The monoisotopic (exact) mass is 275 g/mol. The van der Waals surface area contributed by atoms with Crippen LogP contribution in [0.1, 0.15) is 42.9 Å². The van der Waals surface area contributed by atoms with Crippen molar-refractivity contribution in [3.05, 3.63) is 40.6 Å². The number of imidazole rings is 1. The summed E-state index contributed by atoms with van der Waals surface area (Å²) in [6, 6.07) is 4.54. The van der Waals surface area contributed by atoms with Crippen LogP contribution in [-0.4, -0.2) is 16.1 Å². The van der Waals surface area contributed by atoms with Crippen LogP contribution >= 0.6 is 11.3 Å². The highest BCUT2D eigenvalue weighted by molar-refractivity contribution is 7.10. The maximum Gasteiger partial charge on any atom is 0.131 e. The van der Waals surface area contributed by atoms with Gasteiger partial charge in [-0.1, -0.05) is 13.0 Å². The summed E-state index contributed by atoms with van der Waals surface area (Å²) >= 11 is 1.80. The van der Waals surface area contributed by atoms with E-state index in [9.17, 15) is 0 Å². The molecule has 1 fully saturated rings. The Morgan fingerprint density at radius 1 is 1.53 bits per heavy atom. The lowest BCUT2D eigenvalue weighted by atomic mass is 10.0. The van der Waals surface area contributed by atoms with E-state index >= 15 is 0 Å². The molecule has 0 radical (unpaired) electrons. The number of hydrogen-bond donors (Lipinski definition) is 1. The highest BCUT2D eigenvalue weighted by Gasteiger charge is 2.41. The van der Waals surface area contributed by atoms with Gasteiger partial charge in [-0.25, -0.2) is 4.98 Å². The molecule has 1 unspecified atom stereocenters. The van der Waals surface area contributed by atoms with Gasteiger partial charge in [-0.3, -0.25) is 0 Å². The molecule has 2 aromatic heterocycles. The summed E-state index contributed by atoms with van der Waals surface area (Å²) in [5, 5.41) is 5.88. The van der Waals surface area contributed by atoms with Crippen molar-refractivity contribution in [1.29, 1.82) is 0 Å². The molecule has 2 aromatic rings. The third kappa shape index (κ3) is 2.60. The molecule has 1 aliphatic carbocycles. The fourth-order valence-corrected chi connectivity index (χ4v) is 3.38. The summed E-state index contributed by atoms with van der Waals surface area (Å²) in [7, 11) is 2.07. The van der Waals surface area contributed by atoms with E-state index < -0.39 is 0 Å². The number of nitrogens with zero attached hydrogens (tertiary/aromatic N) is 2. The minimum absolute atomic E-state index is 0.226. The number of rotatable bonds is 6. The largest absolute Gasteiger partial charge is 0.336 e. The van der Waals surface area contributed by atoms with Gasteiger partial charge in [-0.2, -0.15) is 0 Å². The molecule has 0 bridgehead atoms. The summed E-state index contributed by atoms with van der Waals surface area (Å²) in [6.45, 7) is 3.40. The van der Waals surface area contributed by atoms with Crippen LogP contribution in [-0.2, 0) is 7.05 Å². The summed E-state index contributed by atoms with van der Waals surface area (Å²) < 4.78 is 2.11. The lowest BCUT2D eigenvalue weighted by Crippen LogP contribution is -2.30. The molecule has 0 amide bonds. The maximum atomic E-state index is 4.53. The Balaban J connectivity index is 1.79. The first-order valence-corrected chi connectivity index (χ1v) is 7.86. The molecule has 0 spiro atoms. The summed E-state index contributed by atoms with van der Waals surface area (Å²) in [4.78, 5) is 5.87. The van der Waals surface area contributed by atoms with Crippen molar-refractivity contribution in [2.75, 3.05) is 6.54 Å². The van der Waals surface area contributed by atoms with Gasteiger partial charge in [0.05, 0.1) is 0 Å². The van der Waals surface area contributed by atoms with Gasteiger partial charge in [-0.15, -0.1) is 11.3 Å². The predicted octanol–water partition coefficient (Wildman–Crippen LogP) is 3.35. The van der Waals surface area contributed by atoms with Crippen molar-refractivity contribution >= 4 is 11.3 Å². The molecule has 0 aromatic carbocycles. The second-order valence-corrected chi connectivity index (χ2v) is 6.56. The molecule has 0 saturated heterocycles. The van der Waals surface area contributed by atoms with Gasteiger partial charge in [0.1, 0.15) is 11.9 Å². The van der Waals surface area contributed by atoms with Crippen molar-refractivity contribution < 1.29 is 0 Å². The normalized spacial score (nSPS) is 18.4. The zero-order valence-electron chi connectivity index (χ0n) is 11.6. The summed E-state index contributed by atoms with van der Waals surface area (Å²) in [5.74, 6) is 1.11. The Hall–Kier alpha value is -1.13. The maximum absolute atomic E-state index is 4.53. The standard InChI is InChI=1S/C15H21N3S/c1-3-15(6-7-15)11-17-13(12-5-4-10-19-12)14-16-8-9-18(14)2/h4-5,8-10,13,17H,3,6-7,11H2,1-2H3. The molecule has 2 heterocycles. The highest BCUT2D eigenvalue weighted by atomic mass is 32.1. The molecule has 3 nitrogen and oxygen atoms in total. The molecule has 1 saturated carbocycles. The first-order valence-electron chi connectivity index (χ1n) is 6.98. The fourth-order valence-electron chi connectivity index (χ4n) is 2.58. The molecule has 3 rings (SSSR count). The van der Waals surface area contributed by atoms with Crippen LogP contribution in [0.25, 0.3) is 0 Å². The Bertz CT molecular complexity index is 525. The smallest absolute Gasteiger partial charge is 0.131 e. The Morgan fingerprint density at radius 3 is 2.89 bits per heavy atom. The number of thiophene rings is 1. The van der Waals surface area contributed by atoms with E-state index in [1.54, 1.807) is 11.3 Å². The van der Waals surface area contributed by atoms with Crippen LogP contribution in [0.5, 0.6) is 0 Å². The van der Waals surface area contributed by atoms with Gasteiger partial charge in [0.25, 0.3) is 0 Å². The quantitative estimate of drug-likeness (QED) is 0.876. The Labute approximate surface area is 118 Å². The number of hydrogen-bond acceptors (Lipinski definition) is 3. The molecule has 4 heteroatoms. The van der Waals surface area contributed by atoms with Crippen LogP contribution in [0.2, 0.25) is 0 Å². The van der Waals surface area contributed by atoms with E-state index in [0.717, 1.165) is 12.4 Å². The minimum atomic E-state index is 0.226. The third-order valence-corrected chi connectivity index (χ3v) is 5.27. The SMILES string of the molecule is CCC1(CNC(c2cccs2)c2nccn2C)CC1. The molecular weight excluding hydrogens is 254 g/mol. The van der Waals surface area contributed by atoms with E-state index in [1.807, 2.05) is 12.4 Å². The van der Waals surface area contributed by atoms with Gasteiger partial charge in [0.15, 0.2) is 0 Å². The van der Waals surface area contributed by atoms with Crippen molar-refractivity contribution in [2.24, 2.45) is 12.5 Å². The van der Waals surface area contributed by atoms with E-state index in [-0.39, 0.29) is 6.04 Å². The van der Waals surface area contributed by atoms with Gasteiger partial charge >= 0.3 is 0 Å². The predicted molar refractivity (Wildman–Crippen MR) is 79.3 cm³/mol. The number of nitrogens with one attached hydrogen (secondary N) is 1. The van der Waals surface area contributed by atoms with Gasteiger partial charge in [-0.05, 0) is 36.1 Å². The first-order chi connectivity index (χ1) is 9.24. The van der Waals surface area contributed by atoms with Crippen LogP contribution in [0.3, 0.4) is 0 Å². The van der Waals surface area contributed by atoms with Crippen molar-refractivity contribution in [2.45, 2.75) is 32.2 Å². The zero-order valence-corrected chi connectivity index (χ0v) is 12.4. The Kier molecular flexibility index (Phi) is 3.46. The van der Waals surface area contributed by atoms with E-state index in [0.29, 0.717) is 5.41 Å². The lowest BCUT2D eigenvalue weighted by Gasteiger charge is -2.21.